The van der Waals surface area contributed by atoms with Crippen molar-refractivity contribution in [2.24, 2.45) is 0 Å². The topological polar surface area (TPSA) is 49.4 Å². The molecule has 0 aliphatic carbocycles. The van der Waals surface area contributed by atoms with Crippen LogP contribution in [-0.4, -0.2) is 24.1 Å². The van der Waals surface area contributed by atoms with Gasteiger partial charge in [0.05, 0.1) is 0 Å². The highest BCUT2D eigenvalue weighted by Gasteiger charge is 2.21. The van der Waals surface area contributed by atoms with Gasteiger partial charge in [-0.1, -0.05) is 23.7 Å². The fourth-order valence-electron chi connectivity index (χ4n) is 2.80. The first-order valence-electron chi connectivity index (χ1n) is 8.66. The Hall–Kier alpha value is -1.98. The molecule has 1 heterocycles. The molecule has 1 saturated heterocycles. The maximum absolute atomic E-state index is 12.0. The zero-order valence-corrected chi connectivity index (χ0v) is 16.0. The first-order chi connectivity index (χ1) is 12.6. The van der Waals surface area contributed by atoms with Gasteiger partial charge in [-0.15, -0.1) is 11.8 Å². The number of halogens is 1. The largest absolute Gasteiger partial charge is 0.352 e. The Morgan fingerprint density at radius 2 is 1.85 bits per heavy atom. The van der Waals surface area contributed by atoms with E-state index < -0.39 is 0 Å². The quantitative estimate of drug-likeness (QED) is 0.721. The van der Waals surface area contributed by atoms with E-state index in [0.717, 1.165) is 34.9 Å². The number of hydrogen-bond donors (Lipinski definition) is 1. The van der Waals surface area contributed by atoms with Gasteiger partial charge in [0.25, 0.3) is 0 Å². The number of rotatable bonds is 7. The highest BCUT2D eigenvalue weighted by atomic mass is 35.5. The third-order valence-corrected chi connectivity index (χ3v) is 5.49. The van der Waals surface area contributed by atoms with Crippen LogP contribution < -0.4 is 10.2 Å². The van der Waals surface area contributed by atoms with Crippen molar-refractivity contribution >= 4 is 40.9 Å². The fraction of sp³-hybridized carbons (Fsp3) is 0.300. The minimum absolute atomic E-state index is 0.0326. The van der Waals surface area contributed by atoms with E-state index >= 15 is 0 Å². The summed E-state index contributed by atoms with van der Waals surface area (Å²) in [5, 5.41) is 3.65. The molecule has 1 aliphatic heterocycles. The zero-order chi connectivity index (χ0) is 18.4. The average Bonchev–Trinajstić information content (AvgIpc) is 3.08. The second-order valence-electron chi connectivity index (χ2n) is 6.14. The molecule has 0 atom stereocenters. The van der Waals surface area contributed by atoms with Crippen LogP contribution in [0, 0.1) is 0 Å². The highest BCUT2D eigenvalue weighted by Crippen LogP contribution is 2.22. The van der Waals surface area contributed by atoms with E-state index in [4.69, 9.17) is 11.6 Å². The zero-order valence-electron chi connectivity index (χ0n) is 14.4. The lowest BCUT2D eigenvalue weighted by atomic mass is 10.2. The van der Waals surface area contributed by atoms with E-state index in [1.54, 1.807) is 11.8 Å². The van der Waals surface area contributed by atoms with E-state index in [9.17, 15) is 9.59 Å². The Labute approximate surface area is 162 Å². The fourth-order valence-corrected chi connectivity index (χ4v) is 3.77. The summed E-state index contributed by atoms with van der Waals surface area (Å²) in [5.41, 5.74) is 1.96. The highest BCUT2D eigenvalue weighted by molar-refractivity contribution is 7.99. The lowest BCUT2D eigenvalue weighted by molar-refractivity contribution is -0.121. The molecule has 0 aromatic heterocycles. The van der Waals surface area contributed by atoms with Crippen LogP contribution in [0.15, 0.2) is 53.4 Å². The lowest BCUT2D eigenvalue weighted by Gasteiger charge is -2.16. The third-order valence-electron chi connectivity index (χ3n) is 4.22. The summed E-state index contributed by atoms with van der Waals surface area (Å²) in [6, 6.07) is 15.4. The summed E-state index contributed by atoms with van der Waals surface area (Å²) in [4.78, 5) is 26.7. The molecular formula is C20H21ClN2O2S. The van der Waals surface area contributed by atoms with Crippen LogP contribution in [0.3, 0.4) is 0 Å². The Balaban J connectivity index is 1.40. The van der Waals surface area contributed by atoms with E-state index in [2.05, 4.69) is 5.32 Å². The van der Waals surface area contributed by atoms with Gasteiger partial charge in [0, 0.05) is 47.3 Å². The molecule has 1 fully saturated rings. The predicted molar refractivity (Wildman–Crippen MR) is 107 cm³/mol. The van der Waals surface area contributed by atoms with Gasteiger partial charge in [-0.3, -0.25) is 9.59 Å². The molecule has 2 aromatic carbocycles. The molecule has 0 bridgehead atoms. The van der Waals surface area contributed by atoms with Gasteiger partial charge in [0.1, 0.15) is 0 Å². The molecule has 0 radical (unpaired) electrons. The van der Waals surface area contributed by atoms with Crippen molar-refractivity contribution in [3.05, 3.63) is 59.1 Å². The Morgan fingerprint density at radius 1 is 1.12 bits per heavy atom. The van der Waals surface area contributed by atoms with Crippen LogP contribution >= 0.6 is 23.4 Å². The summed E-state index contributed by atoms with van der Waals surface area (Å²) in [6.45, 7) is 1.29. The number of amides is 2. The van der Waals surface area contributed by atoms with Crippen molar-refractivity contribution in [2.45, 2.75) is 30.7 Å². The van der Waals surface area contributed by atoms with Crippen LogP contribution in [0.4, 0.5) is 5.69 Å². The van der Waals surface area contributed by atoms with Crippen LogP contribution in [0.1, 0.15) is 24.8 Å². The summed E-state index contributed by atoms with van der Waals surface area (Å²) < 4.78 is 0. The summed E-state index contributed by atoms with van der Waals surface area (Å²) in [6.07, 6.45) is 2.02. The van der Waals surface area contributed by atoms with Crippen molar-refractivity contribution in [2.75, 3.05) is 17.2 Å². The number of thioether (sulfide) groups is 1. The van der Waals surface area contributed by atoms with Crippen molar-refractivity contribution in [3.63, 3.8) is 0 Å². The van der Waals surface area contributed by atoms with Crippen LogP contribution in [0.2, 0.25) is 5.02 Å². The van der Waals surface area contributed by atoms with Crippen molar-refractivity contribution in [3.8, 4) is 0 Å². The van der Waals surface area contributed by atoms with E-state index in [1.165, 1.54) is 0 Å². The van der Waals surface area contributed by atoms with Gasteiger partial charge in [-0.2, -0.15) is 0 Å². The van der Waals surface area contributed by atoms with Crippen LogP contribution in [0.5, 0.6) is 0 Å². The number of carbonyl (C=O) groups is 2. The van der Waals surface area contributed by atoms with Crippen LogP contribution in [-0.2, 0) is 16.1 Å². The number of benzene rings is 2. The first-order valence-corrected chi connectivity index (χ1v) is 10.0. The van der Waals surface area contributed by atoms with Crippen molar-refractivity contribution in [1.82, 2.24) is 5.32 Å². The molecule has 6 heteroatoms. The molecule has 1 N–H and O–H groups in total. The van der Waals surface area contributed by atoms with Gasteiger partial charge in [0.15, 0.2) is 0 Å². The number of nitrogens with zero attached hydrogens (tertiary/aromatic N) is 1. The van der Waals surface area contributed by atoms with Crippen LogP contribution in [0.25, 0.3) is 0 Å². The third kappa shape index (κ3) is 5.26. The first kappa shape index (κ1) is 18.8. The summed E-state index contributed by atoms with van der Waals surface area (Å²) >= 11 is 7.50. The second kappa shape index (κ2) is 9.10. The monoisotopic (exact) mass is 388 g/mol. The molecule has 26 heavy (non-hydrogen) atoms. The Kier molecular flexibility index (Phi) is 6.58. The van der Waals surface area contributed by atoms with E-state index in [0.29, 0.717) is 24.4 Å². The van der Waals surface area contributed by atoms with Gasteiger partial charge in [0.2, 0.25) is 11.8 Å². The minimum Gasteiger partial charge on any atom is -0.352 e. The molecule has 4 nitrogen and oxygen atoms in total. The molecular weight excluding hydrogens is 368 g/mol. The van der Waals surface area contributed by atoms with E-state index in [1.807, 2.05) is 53.4 Å². The molecule has 0 spiro atoms. The lowest BCUT2D eigenvalue weighted by Crippen LogP contribution is -2.24. The Morgan fingerprint density at radius 3 is 2.50 bits per heavy atom. The van der Waals surface area contributed by atoms with Gasteiger partial charge in [-0.05, 0) is 48.4 Å². The number of anilines is 1. The average molecular weight is 389 g/mol. The molecule has 0 unspecified atom stereocenters. The standard InChI is InChI=1S/C20H21ClN2O2S/c21-16-5-9-18(10-6-16)26-13-11-19(24)22-14-15-3-7-17(8-4-15)23-12-1-2-20(23)25/h3-10H,1-2,11-14H2,(H,22,24). The predicted octanol–water partition coefficient (Wildman–Crippen LogP) is 4.27. The number of carbonyl (C=O) groups excluding carboxylic acids is 2. The minimum atomic E-state index is 0.0326. The van der Waals surface area contributed by atoms with E-state index in [-0.39, 0.29) is 11.8 Å². The number of nitrogens with one attached hydrogen (secondary N) is 1. The smallest absolute Gasteiger partial charge is 0.227 e. The molecule has 136 valence electrons. The Bertz CT molecular complexity index is 762. The molecule has 3 rings (SSSR count). The number of hydrogen-bond acceptors (Lipinski definition) is 3. The normalized spacial score (nSPS) is 13.9. The molecule has 0 saturated carbocycles. The van der Waals surface area contributed by atoms with Crippen molar-refractivity contribution < 1.29 is 9.59 Å². The van der Waals surface area contributed by atoms with Gasteiger partial charge < -0.3 is 10.2 Å². The van der Waals surface area contributed by atoms with Gasteiger partial charge in [-0.25, -0.2) is 0 Å². The van der Waals surface area contributed by atoms with Crippen molar-refractivity contribution in [1.29, 1.82) is 0 Å². The maximum atomic E-state index is 12.0. The summed E-state index contributed by atoms with van der Waals surface area (Å²) in [7, 11) is 0. The molecule has 2 aromatic rings. The maximum Gasteiger partial charge on any atom is 0.227 e. The second-order valence-corrected chi connectivity index (χ2v) is 7.75. The SMILES string of the molecule is O=C(CCSc1ccc(Cl)cc1)NCc1ccc(N2CCCC2=O)cc1. The summed E-state index contributed by atoms with van der Waals surface area (Å²) in [5.74, 6) is 0.943. The van der Waals surface area contributed by atoms with Gasteiger partial charge >= 0.3 is 0 Å². The molecule has 2 amide bonds. The molecule has 1 aliphatic rings.